The van der Waals surface area contributed by atoms with Gasteiger partial charge in [0, 0.05) is 24.7 Å². The summed E-state index contributed by atoms with van der Waals surface area (Å²) < 4.78 is 4.87. The molecule has 0 bridgehead atoms. The standard InChI is InChI=1S/C12H17N3O4/c1-3-13-6-7-14-12(16)9-4-5-11(19-2)10(8-9)15(17)18/h4-5,8,13H,3,6-7H2,1-2H3,(H,14,16). The number of rotatable bonds is 7. The highest BCUT2D eigenvalue weighted by Crippen LogP contribution is 2.27. The van der Waals surface area contributed by atoms with Crippen molar-refractivity contribution in [2.24, 2.45) is 0 Å². The average molecular weight is 267 g/mol. The Morgan fingerprint density at radius 2 is 2.16 bits per heavy atom. The van der Waals surface area contributed by atoms with E-state index in [0.29, 0.717) is 13.1 Å². The van der Waals surface area contributed by atoms with E-state index in [1.165, 1.54) is 25.3 Å². The van der Waals surface area contributed by atoms with Gasteiger partial charge in [0.15, 0.2) is 5.75 Å². The predicted molar refractivity (Wildman–Crippen MR) is 70.5 cm³/mol. The van der Waals surface area contributed by atoms with Gasteiger partial charge in [0.05, 0.1) is 12.0 Å². The number of nitro benzene ring substituents is 1. The van der Waals surface area contributed by atoms with Crippen LogP contribution in [-0.2, 0) is 0 Å². The van der Waals surface area contributed by atoms with Crippen molar-refractivity contribution in [3.05, 3.63) is 33.9 Å². The first-order valence-electron chi connectivity index (χ1n) is 5.91. The van der Waals surface area contributed by atoms with Gasteiger partial charge in [-0.2, -0.15) is 0 Å². The third-order valence-corrected chi connectivity index (χ3v) is 2.48. The molecule has 7 nitrogen and oxygen atoms in total. The minimum absolute atomic E-state index is 0.134. The van der Waals surface area contributed by atoms with Crippen LogP contribution in [0.1, 0.15) is 17.3 Å². The lowest BCUT2D eigenvalue weighted by Crippen LogP contribution is -2.31. The highest BCUT2D eigenvalue weighted by Gasteiger charge is 2.17. The molecule has 0 saturated carbocycles. The van der Waals surface area contributed by atoms with Crippen molar-refractivity contribution in [3.8, 4) is 5.75 Å². The molecule has 1 aromatic carbocycles. The maximum absolute atomic E-state index is 11.8. The summed E-state index contributed by atoms with van der Waals surface area (Å²) >= 11 is 0. The number of ether oxygens (including phenoxy) is 1. The number of benzene rings is 1. The smallest absolute Gasteiger partial charge is 0.311 e. The van der Waals surface area contributed by atoms with Gasteiger partial charge in [-0.05, 0) is 18.7 Å². The second kappa shape index (κ2) is 7.32. The van der Waals surface area contributed by atoms with Crippen molar-refractivity contribution >= 4 is 11.6 Å². The largest absolute Gasteiger partial charge is 0.490 e. The number of carbonyl (C=O) groups is 1. The van der Waals surface area contributed by atoms with Crippen molar-refractivity contribution < 1.29 is 14.5 Å². The van der Waals surface area contributed by atoms with Crippen LogP contribution < -0.4 is 15.4 Å². The molecule has 0 aliphatic heterocycles. The number of hydrogen-bond acceptors (Lipinski definition) is 5. The molecule has 0 unspecified atom stereocenters. The van der Waals surface area contributed by atoms with Gasteiger partial charge in [-0.1, -0.05) is 6.92 Å². The second-order valence-corrected chi connectivity index (χ2v) is 3.75. The number of nitrogens with zero attached hydrogens (tertiary/aromatic N) is 1. The highest BCUT2D eigenvalue weighted by atomic mass is 16.6. The summed E-state index contributed by atoms with van der Waals surface area (Å²) in [6.07, 6.45) is 0. The zero-order valence-electron chi connectivity index (χ0n) is 10.9. The third-order valence-electron chi connectivity index (χ3n) is 2.48. The van der Waals surface area contributed by atoms with E-state index < -0.39 is 4.92 Å². The average Bonchev–Trinajstić information content (AvgIpc) is 2.42. The Kier molecular flexibility index (Phi) is 5.74. The predicted octanol–water partition coefficient (Wildman–Crippen LogP) is 0.943. The number of hydrogen-bond donors (Lipinski definition) is 2. The van der Waals surface area contributed by atoms with Crippen molar-refractivity contribution in [3.63, 3.8) is 0 Å². The lowest BCUT2D eigenvalue weighted by molar-refractivity contribution is -0.385. The molecular weight excluding hydrogens is 250 g/mol. The van der Waals surface area contributed by atoms with Gasteiger partial charge in [0.1, 0.15) is 0 Å². The van der Waals surface area contributed by atoms with Crippen molar-refractivity contribution in [2.45, 2.75) is 6.92 Å². The first kappa shape index (κ1) is 14.9. The topological polar surface area (TPSA) is 93.5 Å². The normalized spacial score (nSPS) is 10.0. The Morgan fingerprint density at radius 3 is 2.74 bits per heavy atom. The molecule has 0 aliphatic carbocycles. The second-order valence-electron chi connectivity index (χ2n) is 3.75. The zero-order valence-corrected chi connectivity index (χ0v) is 10.9. The first-order valence-corrected chi connectivity index (χ1v) is 5.91. The summed E-state index contributed by atoms with van der Waals surface area (Å²) in [6, 6.07) is 4.12. The van der Waals surface area contributed by atoms with Crippen LogP contribution >= 0.6 is 0 Å². The van der Waals surface area contributed by atoms with Gasteiger partial charge in [0.25, 0.3) is 5.91 Å². The molecule has 2 N–H and O–H groups in total. The molecule has 0 saturated heterocycles. The molecule has 1 amide bonds. The Balaban J connectivity index is 2.75. The molecule has 0 heterocycles. The van der Waals surface area contributed by atoms with E-state index in [-0.39, 0.29) is 22.9 Å². The van der Waals surface area contributed by atoms with Crippen LogP contribution in [0.2, 0.25) is 0 Å². The third kappa shape index (κ3) is 4.22. The fourth-order valence-electron chi connectivity index (χ4n) is 1.52. The quantitative estimate of drug-likeness (QED) is 0.435. The number of nitro groups is 1. The van der Waals surface area contributed by atoms with E-state index in [0.717, 1.165) is 6.54 Å². The first-order chi connectivity index (χ1) is 9.10. The van der Waals surface area contributed by atoms with Crippen LogP contribution in [0.15, 0.2) is 18.2 Å². The van der Waals surface area contributed by atoms with Crippen LogP contribution in [0.25, 0.3) is 0 Å². The van der Waals surface area contributed by atoms with E-state index in [9.17, 15) is 14.9 Å². The maximum atomic E-state index is 11.8. The van der Waals surface area contributed by atoms with Crippen LogP contribution in [0.3, 0.4) is 0 Å². The van der Waals surface area contributed by atoms with Gasteiger partial charge in [-0.15, -0.1) is 0 Å². The van der Waals surface area contributed by atoms with Gasteiger partial charge in [-0.3, -0.25) is 14.9 Å². The van der Waals surface area contributed by atoms with Gasteiger partial charge in [-0.25, -0.2) is 0 Å². The summed E-state index contributed by atoms with van der Waals surface area (Å²) in [4.78, 5) is 22.0. The number of methoxy groups -OCH3 is 1. The minimum atomic E-state index is -0.575. The minimum Gasteiger partial charge on any atom is -0.490 e. The molecule has 0 aromatic heterocycles. The van der Waals surface area contributed by atoms with Gasteiger partial charge >= 0.3 is 5.69 Å². The van der Waals surface area contributed by atoms with Crippen molar-refractivity contribution in [1.29, 1.82) is 0 Å². The van der Waals surface area contributed by atoms with E-state index in [4.69, 9.17) is 4.74 Å². The lowest BCUT2D eigenvalue weighted by Gasteiger charge is -2.07. The Labute approximate surface area is 111 Å². The molecule has 104 valence electrons. The van der Waals surface area contributed by atoms with E-state index in [2.05, 4.69) is 10.6 Å². The molecule has 19 heavy (non-hydrogen) atoms. The fraction of sp³-hybridized carbons (Fsp3) is 0.417. The monoisotopic (exact) mass is 267 g/mol. The SMILES string of the molecule is CCNCCNC(=O)c1ccc(OC)c([N+](=O)[O-])c1. The number of amides is 1. The van der Waals surface area contributed by atoms with E-state index >= 15 is 0 Å². The molecular formula is C12H17N3O4. The van der Waals surface area contributed by atoms with Crippen LogP contribution in [0, 0.1) is 10.1 Å². The van der Waals surface area contributed by atoms with E-state index in [1.807, 2.05) is 6.92 Å². The van der Waals surface area contributed by atoms with Crippen molar-refractivity contribution in [2.75, 3.05) is 26.7 Å². The zero-order chi connectivity index (χ0) is 14.3. The van der Waals surface area contributed by atoms with Crippen LogP contribution in [0.5, 0.6) is 5.75 Å². The van der Waals surface area contributed by atoms with Crippen molar-refractivity contribution in [1.82, 2.24) is 10.6 Å². The fourth-order valence-corrected chi connectivity index (χ4v) is 1.52. The highest BCUT2D eigenvalue weighted by molar-refractivity contribution is 5.95. The molecule has 0 atom stereocenters. The number of nitrogens with one attached hydrogen (secondary N) is 2. The van der Waals surface area contributed by atoms with Gasteiger partial charge in [0.2, 0.25) is 0 Å². The summed E-state index contributed by atoms with van der Waals surface area (Å²) in [5.74, 6) is -0.210. The summed E-state index contributed by atoms with van der Waals surface area (Å²) in [7, 11) is 1.35. The van der Waals surface area contributed by atoms with Gasteiger partial charge < -0.3 is 15.4 Å². The molecule has 1 aromatic rings. The summed E-state index contributed by atoms with van der Waals surface area (Å²) in [6.45, 7) is 3.91. The molecule has 0 fully saturated rings. The molecule has 7 heteroatoms. The summed E-state index contributed by atoms with van der Waals surface area (Å²) in [5, 5.41) is 16.6. The Bertz CT molecular complexity index is 462. The molecule has 0 spiro atoms. The lowest BCUT2D eigenvalue weighted by atomic mass is 10.1. The molecule has 0 radical (unpaired) electrons. The van der Waals surface area contributed by atoms with Crippen LogP contribution in [-0.4, -0.2) is 37.6 Å². The number of likely N-dealkylation sites (N-methyl/N-ethyl adjacent to an activating group) is 1. The Morgan fingerprint density at radius 1 is 1.42 bits per heavy atom. The summed E-state index contributed by atoms with van der Waals surface area (Å²) in [5.41, 5.74) is 0.0193. The molecule has 1 rings (SSSR count). The number of carbonyl (C=O) groups excluding carboxylic acids is 1. The van der Waals surface area contributed by atoms with E-state index in [1.54, 1.807) is 0 Å². The maximum Gasteiger partial charge on any atom is 0.311 e. The van der Waals surface area contributed by atoms with Crippen LogP contribution in [0.4, 0.5) is 5.69 Å². The molecule has 0 aliphatic rings. The Hall–Kier alpha value is -2.15.